The number of aromatic nitrogens is 3. The molecule has 0 unspecified atom stereocenters. The van der Waals surface area contributed by atoms with Crippen molar-refractivity contribution in [3.05, 3.63) is 70.5 Å². The topological polar surface area (TPSA) is 122 Å². The van der Waals surface area contributed by atoms with Crippen LogP contribution in [0.3, 0.4) is 0 Å². The van der Waals surface area contributed by atoms with E-state index in [0.29, 0.717) is 31.2 Å². The van der Waals surface area contributed by atoms with E-state index < -0.39 is 15.9 Å². The van der Waals surface area contributed by atoms with Crippen LogP contribution in [0.5, 0.6) is 5.75 Å². The van der Waals surface area contributed by atoms with E-state index in [1.807, 2.05) is 28.9 Å². The van der Waals surface area contributed by atoms with Crippen molar-refractivity contribution in [3.63, 3.8) is 0 Å². The van der Waals surface area contributed by atoms with Gasteiger partial charge in [0.1, 0.15) is 5.75 Å². The molecule has 11 heteroatoms. The van der Waals surface area contributed by atoms with Gasteiger partial charge in [0.05, 0.1) is 48.6 Å². The maximum absolute atomic E-state index is 13.5. The van der Waals surface area contributed by atoms with E-state index in [9.17, 15) is 18.0 Å². The minimum Gasteiger partial charge on any atom is -0.497 e. The zero-order valence-electron chi connectivity index (χ0n) is 28.4. The number of fused-ring (bicyclic) bond motifs is 5. The molecule has 2 aromatic heterocycles. The third kappa shape index (κ3) is 6.46. The number of carbonyl (C=O) groups excluding carboxylic acids is 2. The second-order valence-corrected chi connectivity index (χ2v) is 15.8. The summed E-state index contributed by atoms with van der Waals surface area (Å²) in [6, 6.07) is 11.8. The number of hydrogen-bond donors (Lipinski definition) is 1. The van der Waals surface area contributed by atoms with Gasteiger partial charge in [-0.15, -0.1) is 0 Å². The third-order valence-corrected chi connectivity index (χ3v) is 11.7. The molecule has 10 nitrogen and oxygen atoms in total. The van der Waals surface area contributed by atoms with Crippen molar-refractivity contribution >= 4 is 44.8 Å². The van der Waals surface area contributed by atoms with Crippen LogP contribution in [0.2, 0.25) is 0 Å². The molecule has 0 radical (unpaired) electrons. The predicted octanol–water partition coefficient (Wildman–Crippen LogP) is 6.99. The predicted molar refractivity (Wildman–Crippen MR) is 190 cm³/mol. The Balaban J connectivity index is 1.46. The van der Waals surface area contributed by atoms with Crippen LogP contribution in [0.1, 0.15) is 108 Å². The molecular formula is C38H44N4O6S. The fourth-order valence-corrected chi connectivity index (χ4v) is 9.37. The quantitative estimate of drug-likeness (QED) is 0.189. The number of nitrogens with one attached hydrogen (secondary N) is 1. The van der Waals surface area contributed by atoms with E-state index in [-0.39, 0.29) is 23.3 Å². The summed E-state index contributed by atoms with van der Waals surface area (Å²) in [4.78, 5) is 26.0. The van der Waals surface area contributed by atoms with Gasteiger partial charge in [-0.25, -0.2) is 13.1 Å². The van der Waals surface area contributed by atoms with Crippen molar-refractivity contribution in [2.75, 3.05) is 26.1 Å². The highest BCUT2D eigenvalue weighted by molar-refractivity contribution is 7.90. The Morgan fingerprint density at radius 2 is 1.84 bits per heavy atom. The summed E-state index contributed by atoms with van der Waals surface area (Å²) in [5.41, 5.74) is 7.70. The average Bonchev–Trinajstić information content (AvgIpc) is 3.62. The molecule has 1 saturated heterocycles. The van der Waals surface area contributed by atoms with E-state index in [2.05, 4.69) is 21.4 Å². The lowest BCUT2D eigenvalue weighted by Gasteiger charge is -2.25. The lowest BCUT2D eigenvalue weighted by molar-refractivity contribution is 0.0660. The standard InChI is InChI=1S/C38H44N4O6S/c1-24(2)23-49(45,46)40-38(44)26-9-11-33-34(19-26)41-21-28(36-29(22-43)20-39-42(36)30-13-15-48-16-14-30)17-27-18-31(47-3)10-12-32(27)37(41)35(33)25-7-5-4-6-8-25/h9-12,17-20,22,24-25,30H,4-8,13-16,21,23H2,1-3H3,(H,40,44). The fourth-order valence-electron chi connectivity index (χ4n) is 8.01. The number of ether oxygens (including phenoxy) is 2. The molecule has 2 fully saturated rings. The molecule has 1 N–H and O–H groups in total. The Labute approximate surface area is 287 Å². The van der Waals surface area contributed by atoms with Crippen LogP contribution >= 0.6 is 0 Å². The van der Waals surface area contributed by atoms with Gasteiger partial charge in [-0.1, -0.05) is 39.2 Å². The average molecular weight is 685 g/mol. The Hall–Kier alpha value is -4.22. The van der Waals surface area contributed by atoms with Gasteiger partial charge < -0.3 is 14.0 Å². The molecule has 1 saturated carbocycles. The normalized spacial score (nSPS) is 17.3. The molecule has 2 aliphatic heterocycles. The third-order valence-electron chi connectivity index (χ3n) is 10.1. The van der Waals surface area contributed by atoms with Crippen molar-refractivity contribution < 1.29 is 27.5 Å². The van der Waals surface area contributed by atoms with Crippen LogP contribution in [-0.2, 0) is 21.3 Å². The minimum absolute atomic E-state index is 0.0909. The first kappa shape index (κ1) is 33.3. The molecule has 1 aliphatic carbocycles. The first-order chi connectivity index (χ1) is 23.7. The van der Waals surface area contributed by atoms with Crippen LogP contribution in [0, 0.1) is 5.92 Å². The number of hydrogen-bond acceptors (Lipinski definition) is 7. The molecule has 3 aliphatic rings. The first-order valence-electron chi connectivity index (χ1n) is 17.4. The van der Waals surface area contributed by atoms with Gasteiger partial charge in [-0.3, -0.25) is 14.3 Å². The monoisotopic (exact) mass is 684 g/mol. The summed E-state index contributed by atoms with van der Waals surface area (Å²) in [5.74, 6) is 0.151. The summed E-state index contributed by atoms with van der Waals surface area (Å²) < 4.78 is 43.4. The highest BCUT2D eigenvalue weighted by atomic mass is 32.2. The van der Waals surface area contributed by atoms with Gasteiger partial charge >= 0.3 is 0 Å². The summed E-state index contributed by atoms with van der Waals surface area (Å²) in [6.45, 7) is 5.30. The molecule has 258 valence electrons. The van der Waals surface area contributed by atoms with E-state index in [1.54, 1.807) is 33.2 Å². The number of allylic oxidation sites excluding steroid dienone is 1. The zero-order valence-corrected chi connectivity index (χ0v) is 29.2. The second-order valence-electron chi connectivity index (χ2n) is 14.0. The molecule has 0 atom stereocenters. The summed E-state index contributed by atoms with van der Waals surface area (Å²) in [5, 5.41) is 5.80. The van der Waals surface area contributed by atoms with Gasteiger partial charge in [0.2, 0.25) is 10.0 Å². The molecule has 0 spiro atoms. The van der Waals surface area contributed by atoms with Gasteiger partial charge in [0, 0.05) is 35.2 Å². The molecule has 49 heavy (non-hydrogen) atoms. The lowest BCUT2D eigenvalue weighted by atomic mass is 9.81. The molecule has 1 amide bonds. The second kappa shape index (κ2) is 13.6. The number of aldehydes is 1. The summed E-state index contributed by atoms with van der Waals surface area (Å²) in [6.07, 6.45) is 11.9. The highest BCUT2D eigenvalue weighted by Crippen LogP contribution is 2.48. The van der Waals surface area contributed by atoms with E-state index in [1.165, 1.54) is 12.0 Å². The van der Waals surface area contributed by atoms with Gasteiger partial charge in [-0.05, 0) is 90.6 Å². The van der Waals surface area contributed by atoms with Crippen LogP contribution in [-0.4, -0.2) is 61.0 Å². The Bertz CT molecular complexity index is 2050. The van der Waals surface area contributed by atoms with Crippen molar-refractivity contribution in [2.45, 2.75) is 77.3 Å². The highest BCUT2D eigenvalue weighted by Gasteiger charge is 2.32. The number of rotatable bonds is 9. The lowest BCUT2D eigenvalue weighted by Crippen LogP contribution is -2.33. The first-order valence-corrected chi connectivity index (χ1v) is 19.0. The van der Waals surface area contributed by atoms with Crippen molar-refractivity contribution in [2.24, 2.45) is 5.92 Å². The number of carbonyl (C=O) groups is 2. The number of benzene rings is 2. The molecule has 0 bridgehead atoms. The number of amides is 1. The van der Waals surface area contributed by atoms with Gasteiger partial charge in [0.25, 0.3) is 5.91 Å². The molecule has 2 aromatic carbocycles. The summed E-state index contributed by atoms with van der Waals surface area (Å²) in [7, 11) is -2.14. The minimum atomic E-state index is -3.80. The number of nitrogens with zero attached hydrogens (tertiary/aromatic N) is 3. The van der Waals surface area contributed by atoms with Crippen molar-refractivity contribution in [3.8, 4) is 17.0 Å². The maximum Gasteiger partial charge on any atom is 0.264 e. The van der Waals surface area contributed by atoms with Crippen LogP contribution in [0.15, 0.2) is 42.6 Å². The van der Waals surface area contributed by atoms with E-state index in [4.69, 9.17) is 14.6 Å². The van der Waals surface area contributed by atoms with E-state index >= 15 is 0 Å². The Morgan fingerprint density at radius 3 is 2.55 bits per heavy atom. The fraction of sp³-hybridized carbons (Fsp3) is 0.447. The number of methoxy groups -OCH3 is 1. The van der Waals surface area contributed by atoms with E-state index in [0.717, 1.165) is 89.6 Å². The summed E-state index contributed by atoms with van der Waals surface area (Å²) >= 11 is 0. The van der Waals surface area contributed by atoms with Crippen LogP contribution < -0.4 is 9.46 Å². The maximum atomic E-state index is 13.5. The van der Waals surface area contributed by atoms with Gasteiger partial charge in [0.15, 0.2) is 6.29 Å². The largest absolute Gasteiger partial charge is 0.497 e. The Morgan fingerprint density at radius 1 is 1.06 bits per heavy atom. The van der Waals surface area contributed by atoms with Crippen LogP contribution in [0.4, 0.5) is 0 Å². The Kier molecular flexibility index (Phi) is 9.23. The van der Waals surface area contributed by atoms with Crippen molar-refractivity contribution in [1.29, 1.82) is 0 Å². The van der Waals surface area contributed by atoms with Gasteiger partial charge in [-0.2, -0.15) is 5.10 Å². The molecular weight excluding hydrogens is 641 g/mol. The van der Waals surface area contributed by atoms with Crippen LogP contribution in [0.25, 0.3) is 33.8 Å². The zero-order chi connectivity index (χ0) is 34.3. The SMILES string of the molecule is COc1ccc2c(c1)C=C(c1c(C=O)cnn1C1CCOCC1)Cn1c-2c(C2CCCCC2)c2ccc(C(=O)NS(=O)(=O)CC(C)C)cc21. The molecule has 4 aromatic rings. The van der Waals surface area contributed by atoms with Crippen molar-refractivity contribution in [1.82, 2.24) is 19.1 Å². The molecule has 4 heterocycles. The number of sulfonamides is 1. The molecule has 7 rings (SSSR count). The smallest absolute Gasteiger partial charge is 0.264 e.